The number of halogens is 1. The van der Waals surface area contributed by atoms with Crippen LogP contribution in [0.4, 0.5) is 4.39 Å². The SMILES string of the molecule is N#Cc1cc2c(Oc3cc4cc[nH]c4cc3F)ccnc2cc1OCCCN1CCCC1. The van der Waals surface area contributed by atoms with E-state index in [-0.39, 0.29) is 5.75 Å². The van der Waals surface area contributed by atoms with Gasteiger partial charge in [-0.1, -0.05) is 0 Å². The molecule has 1 aliphatic heterocycles. The van der Waals surface area contributed by atoms with E-state index in [9.17, 15) is 9.65 Å². The number of rotatable bonds is 7. The van der Waals surface area contributed by atoms with E-state index in [0.717, 1.165) is 31.4 Å². The smallest absolute Gasteiger partial charge is 0.167 e. The average molecular weight is 430 g/mol. The van der Waals surface area contributed by atoms with Crippen molar-refractivity contribution in [3.05, 3.63) is 60.2 Å². The summed E-state index contributed by atoms with van der Waals surface area (Å²) in [5.41, 5.74) is 1.73. The van der Waals surface area contributed by atoms with Crippen molar-refractivity contribution in [2.24, 2.45) is 0 Å². The van der Waals surface area contributed by atoms with Crippen molar-refractivity contribution < 1.29 is 13.9 Å². The van der Waals surface area contributed by atoms with E-state index in [0.29, 0.717) is 40.1 Å². The summed E-state index contributed by atoms with van der Waals surface area (Å²) in [6, 6.07) is 12.2. The van der Waals surface area contributed by atoms with Crippen molar-refractivity contribution in [1.29, 1.82) is 5.26 Å². The second-order valence-corrected chi connectivity index (χ2v) is 7.99. The van der Waals surface area contributed by atoms with Gasteiger partial charge in [-0.05, 0) is 56.6 Å². The molecule has 0 spiro atoms. The highest BCUT2D eigenvalue weighted by molar-refractivity contribution is 5.88. The number of ether oxygens (including phenoxy) is 2. The van der Waals surface area contributed by atoms with Crippen LogP contribution in [0, 0.1) is 17.1 Å². The van der Waals surface area contributed by atoms with Crippen molar-refractivity contribution >= 4 is 21.8 Å². The maximum Gasteiger partial charge on any atom is 0.167 e. The fourth-order valence-corrected chi connectivity index (χ4v) is 4.17. The summed E-state index contributed by atoms with van der Waals surface area (Å²) in [6.45, 7) is 3.85. The van der Waals surface area contributed by atoms with Gasteiger partial charge < -0.3 is 19.4 Å². The van der Waals surface area contributed by atoms with Gasteiger partial charge in [-0.25, -0.2) is 4.39 Å². The Morgan fingerprint density at radius 1 is 1.09 bits per heavy atom. The van der Waals surface area contributed by atoms with Crippen molar-refractivity contribution in [2.75, 3.05) is 26.2 Å². The number of nitrogens with zero attached hydrogens (tertiary/aromatic N) is 3. The molecule has 32 heavy (non-hydrogen) atoms. The molecule has 0 saturated carbocycles. The summed E-state index contributed by atoms with van der Waals surface area (Å²) in [6.07, 6.45) is 6.79. The molecule has 7 heteroatoms. The second-order valence-electron chi connectivity index (χ2n) is 7.99. The molecule has 0 aliphatic carbocycles. The molecule has 1 N–H and O–H groups in total. The minimum Gasteiger partial charge on any atom is -0.492 e. The molecule has 1 fully saturated rings. The molecule has 4 aromatic rings. The van der Waals surface area contributed by atoms with Crippen LogP contribution >= 0.6 is 0 Å². The van der Waals surface area contributed by atoms with Gasteiger partial charge in [0.05, 0.1) is 17.7 Å². The van der Waals surface area contributed by atoms with Gasteiger partial charge in [-0.3, -0.25) is 4.98 Å². The van der Waals surface area contributed by atoms with E-state index >= 15 is 0 Å². The lowest BCUT2D eigenvalue weighted by Gasteiger charge is -2.15. The van der Waals surface area contributed by atoms with Gasteiger partial charge in [0.2, 0.25) is 0 Å². The summed E-state index contributed by atoms with van der Waals surface area (Å²) >= 11 is 0. The van der Waals surface area contributed by atoms with Crippen LogP contribution in [0.3, 0.4) is 0 Å². The first-order valence-corrected chi connectivity index (χ1v) is 10.8. The highest BCUT2D eigenvalue weighted by Crippen LogP contribution is 2.35. The zero-order valence-corrected chi connectivity index (χ0v) is 17.6. The molecule has 0 radical (unpaired) electrons. The third-order valence-corrected chi connectivity index (χ3v) is 5.82. The third kappa shape index (κ3) is 4.10. The molecule has 5 rings (SSSR count). The Kier molecular flexibility index (Phi) is 5.61. The maximum absolute atomic E-state index is 14.5. The molecular weight excluding hydrogens is 407 g/mol. The Morgan fingerprint density at radius 2 is 1.97 bits per heavy atom. The van der Waals surface area contributed by atoms with Crippen molar-refractivity contribution in [1.82, 2.24) is 14.9 Å². The van der Waals surface area contributed by atoms with Gasteiger partial charge in [0.25, 0.3) is 0 Å². The minimum atomic E-state index is -0.469. The van der Waals surface area contributed by atoms with Gasteiger partial charge >= 0.3 is 0 Å². The Labute approximate surface area is 185 Å². The molecule has 3 heterocycles. The number of fused-ring (bicyclic) bond motifs is 2. The van der Waals surface area contributed by atoms with Crippen LogP contribution in [0.15, 0.2) is 48.8 Å². The number of aromatic nitrogens is 2. The van der Waals surface area contributed by atoms with Crippen LogP contribution < -0.4 is 9.47 Å². The number of pyridine rings is 1. The lowest BCUT2D eigenvalue weighted by atomic mass is 10.1. The molecule has 1 aliphatic rings. The normalized spacial score (nSPS) is 14.1. The fraction of sp³-hybridized carbons (Fsp3) is 0.280. The molecule has 162 valence electrons. The Bertz CT molecular complexity index is 1300. The molecule has 0 amide bonds. The summed E-state index contributed by atoms with van der Waals surface area (Å²) < 4.78 is 26.4. The van der Waals surface area contributed by atoms with Crippen LogP contribution in [0.1, 0.15) is 24.8 Å². The minimum absolute atomic E-state index is 0.116. The largest absolute Gasteiger partial charge is 0.492 e. The Balaban J connectivity index is 1.38. The van der Waals surface area contributed by atoms with Crippen molar-refractivity contribution in [3.8, 4) is 23.3 Å². The van der Waals surface area contributed by atoms with E-state index in [1.807, 2.05) is 6.07 Å². The highest BCUT2D eigenvalue weighted by Gasteiger charge is 2.15. The number of aromatic amines is 1. The fourth-order valence-electron chi connectivity index (χ4n) is 4.17. The number of nitriles is 1. The predicted molar refractivity (Wildman–Crippen MR) is 121 cm³/mol. The van der Waals surface area contributed by atoms with Gasteiger partial charge in [-0.15, -0.1) is 0 Å². The van der Waals surface area contributed by atoms with Crippen LogP contribution in [0.5, 0.6) is 17.2 Å². The molecular formula is C25H23FN4O2. The number of nitrogens with one attached hydrogen (secondary N) is 1. The number of H-pyrrole nitrogens is 1. The zero-order valence-electron chi connectivity index (χ0n) is 17.6. The third-order valence-electron chi connectivity index (χ3n) is 5.82. The number of benzene rings is 2. The predicted octanol–water partition coefficient (Wildman–Crippen LogP) is 5.38. The monoisotopic (exact) mass is 430 g/mol. The van der Waals surface area contributed by atoms with Crippen molar-refractivity contribution in [2.45, 2.75) is 19.3 Å². The first kappa shape index (κ1) is 20.3. The number of hydrogen-bond donors (Lipinski definition) is 1. The first-order chi connectivity index (χ1) is 15.7. The van der Waals surface area contributed by atoms with E-state index in [4.69, 9.17) is 9.47 Å². The summed E-state index contributed by atoms with van der Waals surface area (Å²) in [7, 11) is 0. The zero-order chi connectivity index (χ0) is 21.9. The molecule has 0 bridgehead atoms. The molecule has 0 atom stereocenters. The van der Waals surface area contributed by atoms with Crippen molar-refractivity contribution in [3.63, 3.8) is 0 Å². The van der Waals surface area contributed by atoms with E-state index in [1.165, 1.54) is 18.9 Å². The van der Waals surface area contributed by atoms with E-state index in [2.05, 4.69) is 20.9 Å². The number of hydrogen-bond acceptors (Lipinski definition) is 5. The molecule has 0 unspecified atom stereocenters. The first-order valence-electron chi connectivity index (χ1n) is 10.8. The molecule has 2 aromatic heterocycles. The maximum atomic E-state index is 14.5. The second kappa shape index (κ2) is 8.85. The highest BCUT2D eigenvalue weighted by atomic mass is 19.1. The Hall–Kier alpha value is -3.63. The van der Waals surface area contributed by atoms with Crippen LogP contribution in [0.2, 0.25) is 0 Å². The van der Waals surface area contributed by atoms with Crippen LogP contribution in [-0.2, 0) is 0 Å². The average Bonchev–Trinajstić information content (AvgIpc) is 3.48. The van der Waals surface area contributed by atoms with Crippen LogP contribution in [-0.4, -0.2) is 41.1 Å². The van der Waals surface area contributed by atoms with Crippen LogP contribution in [0.25, 0.3) is 21.8 Å². The number of likely N-dealkylation sites (tertiary alicyclic amines) is 1. The quantitative estimate of drug-likeness (QED) is 0.398. The lowest BCUT2D eigenvalue weighted by molar-refractivity contribution is 0.263. The van der Waals surface area contributed by atoms with E-state index < -0.39 is 5.82 Å². The summed E-state index contributed by atoms with van der Waals surface area (Å²) in [5, 5.41) is 11.1. The summed E-state index contributed by atoms with van der Waals surface area (Å²) in [4.78, 5) is 9.81. The topological polar surface area (TPSA) is 74.2 Å². The van der Waals surface area contributed by atoms with Gasteiger partial charge in [0, 0.05) is 47.4 Å². The summed E-state index contributed by atoms with van der Waals surface area (Å²) in [5.74, 6) is 0.584. The standard InChI is InChI=1S/C25H23FN4O2/c26-20-14-21-17(4-6-28-21)13-25(20)32-23-5-7-29-22-15-24(18(16-27)12-19(22)23)31-11-3-10-30-8-1-2-9-30/h4-7,12-15,28H,1-3,8-11H2. The Morgan fingerprint density at radius 3 is 2.81 bits per heavy atom. The molecule has 6 nitrogen and oxygen atoms in total. The lowest BCUT2D eigenvalue weighted by Crippen LogP contribution is -2.22. The molecule has 2 aromatic carbocycles. The van der Waals surface area contributed by atoms with Gasteiger partial charge in [-0.2, -0.15) is 5.26 Å². The van der Waals surface area contributed by atoms with Gasteiger partial charge in [0.1, 0.15) is 17.6 Å². The molecule has 1 saturated heterocycles. The van der Waals surface area contributed by atoms with E-state index in [1.54, 1.807) is 36.7 Å². The van der Waals surface area contributed by atoms with Gasteiger partial charge in [0.15, 0.2) is 11.6 Å².